The zero-order chi connectivity index (χ0) is 23.8. The second-order valence-corrected chi connectivity index (χ2v) is 9.82. The number of rotatable bonds is 10. The van der Waals surface area contributed by atoms with E-state index in [0.717, 1.165) is 21.9 Å². The van der Waals surface area contributed by atoms with Gasteiger partial charge in [-0.2, -0.15) is 0 Å². The van der Waals surface area contributed by atoms with Gasteiger partial charge in [0.2, 0.25) is 21.8 Å². The summed E-state index contributed by atoms with van der Waals surface area (Å²) >= 11 is 0. The van der Waals surface area contributed by atoms with Crippen molar-refractivity contribution in [2.24, 2.45) is 0 Å². The average Bonchev–Trinajstić information content (AvgIpc) is 2.77. The lowest BCUT2D eigenvalue weighted by molar-refractivity contribution is -0.123. The van der Waals surface area contributed by atoms with E-state index in [2.05, 4.69) is 15.4 Å². The minimum absolute atomic E-state index is 0.0208. The van der Waals surface area contributed by atoms with Crippen molar-refractivity contribution in [3.05, 3.63) is 77.9 Å². The van der Waals surface area contributed by atoms with Gasteiger partial charge in [0.1, 0.15) is 0 Å². The molecule has 0 heterocycles. The van der Waals surface area contributed by atoms with Gasteiger partial charge in [0.05, 0.1) is 4.90 Å². The molecular weight excluding hydrogens is 438 g/mol. The van der Waals surface area contributed by atoms with Crippen LogP contribution in [0.1, 0.15) is 30.9 Å². The van der Waals surface area contributed by atoms with Crippen molar-refractivity contribution >= 4 is 32.6 Å². The lowest BCUT2D eigenvalue weighted by Crippen LogP contribution is -2.38. The molecule has 1 atom stereocenters. The number of nitrogens with one attached hydrogen (secondary N) is 3. The first kappa shape index (κ1) is 24.4. The van der Waals surface area contributed by atoms with Gasteiger partial charge in [-0.3, -0.25) is 9.59 Å². The highest BCUT2D eigenvalue weighted by Gasteiger charge is 2.16. The fourth-order valence-corrected chi connectivity index (χ4v) is 4.52. The zero-order valence-corrected chi connectivity index (χ0v) is 19.6. The Hall–Kier alpha value is -3.23. The number of fused-ring (bicyclic) bond motifs is 1. The first-order chi connectivity index (χ1) is 15.7. The van der Waals surface area contributed by atoms with Gasteiger partial charge in [-0.1, -0.05) is 60.2 Å². The Morgan fingerprint density at radius 3 is 2.36 bits per heavy atom. The Balaban J connectivity index is 1.40. The van der Waals surface area contributed by atoms with Gasteiger partial charge in [0.25, 0.3) is 0 Å². The predicted molar refractivity (Wildman–Crippen MR) is 129 cm³/mol. The van der Waals surface area contributed by atoms with Crippen molar-refractivity contribution in [1.82, 2.24) is 15.4 Å². The number of aryl methyl sites for hydroxylation is 1. The SMILES string of the molecule is Cc1ccc(S(=O)(=O)NCCC(=O)N[C@@H](C)CC(=O)NCc2cccc3ccccc23)cc1. The normalized spacial score (nSPS) is 12.3. The first-order valence-corrected chi connectivity index (χ1v) is 12.3. The summed E-state index contributed by atoms with van der Waals surface area (Å²) in [6.45, 7) is 3.99. The van der Waals surface area contributed by atoms with Crippen LogP contribution >= 0.6 is 0 Å². The van der Waals surface area contributed by atoms with Crippen LogP contribution in [0.15, 0.2) is 71.6 Å². The summed E-state index contributed by atoms with van der Waals surface area (Å²) in [6, 6.07) is 20.1. The minimum Gasteiger partial charge on any atom is -0.353 e. The maximum absolute atomic E-state index is 12.3. The fraction of sp³-hybridized carbons (Fsp3) is 0.280. The molecule has 2 amide bonds. The number of carbonyl (C=O) groups is 2. The van der Waals surface area contributed by atoms with Crippen LogP contribution in [0.25, 0.3) is 10.8 Å². The Labute approximate surface area is 194 Å². The molecule has 0 bridgehead atoms. The second kappa shape index (κ2) is 11.1. The summed E-state index contributed by atoms with van der Waals surface area (Å²) in [4.78, 5) is 24.6. The van der Waals surface area contributed by atoms with E-state index in [0.29, 0.717) is 6.54 Å². The molecule has 3 aromatic rings. The molecule has 33 heavy (non-hydrogen) atoms. The summed E-state index contributed by atoms with van der Waals surface area (Å²) in [6.07, 6.45) is 0.110. The van der Waals surface area contributed by atoms with E-state index in [-0.39, 0.29) is 42.1 Å². The molecule has 0 aliphatic rings. The Bertz CT molecular complexity index is 1220. The summed E-state index contributed by atoms with van der Waals surface area (Å²) in [5.74, 6) is -0.494. The van der Waals surface area contributed by atoms with Crippen molar-refractivity contribution in [1.29, 1.82) is 0 Å². The van der Waals surface area contributed by atoms with Gasteiger partial charge in [-0.05, 0) is 42.3 Å². The van der Waals surface area contributed by atoms with Crippen molar-refractivity contribution < 1.29 is 18.0 Å². The highest BCUT2D eigenvalue weighted by Crippen LogP contribution is 2.18. The van der Waals surface area contributed by atoms with Crippen LogP contribution in [0.3, 0.4) is 0 Å². The van der Waals surface area contributed by atoms with Crippen LogP contribution in [-0.2, 0) is 26.2 Å². The van der Waals surface area contributed by atoms with Crippen molar-refractivity contribution in [2.75, 3.05) is 6.54 Å². The molecule has 3 aromatic carbocycles. The Kier molecular flexibility index (Phi) is 8.19. The second-order valence-electron chi connectivity index (χ2n) is 8.05. The highest BCUT2D eigenvalue weighted by atomic mass is 32.2. The molecule has 0 spiro atoms. The lowest BCUT2D eigenvalue weighted by atomic mass is 10.0. The largest absolute Gasteiger partial charge is 0.353 e. The first-order valence-electron chi connectivity index (χ1n) is 10.8. The van der Waals surface area contributed by atoms with Crippen LogP contribution in [0, 0.1) is 6.92 Å². The molecule has 0 saturated heterocycles. The number of benzene rings is 3. The van der Waals surface area contributed by atoms with E-state index in [9.17, 15) is 18.0 Å². The molecule has 8 heteroatoms. The number of hydrogen-bond acceptors (Lipinski definition) is 4. The molecule has 0 aliphatic heterocycles. The van der Waals surface area contributed by atoms with E-state index < -0.39 is 10.0 Å². The molecule has 0 radical (unpaired) electrons. The molecular formula is C25H29N3O4S. The molecule has 0 fully saturated rings. The molecule has 0 aliphatic carbocycles. The van der Waals surface area contributed by atoms with Gasteiger partial charge in [0.15, 0.2) is 0 Å². The van der Waals surface area contributed by atoms with E-state index in [1.807, 2.05) is 49.4 Å². The molecule has 0 unspecified atom stereocenters. The van der Waals surface area contributed by atoms with Crippen molar-refractivity contribution in [3.8, 4) is 0 Å². The van der Waals surface area contributed by atoms with Crippen LogP contribution in [0.4, 0.5) is 0 Å². The van der Waals surface area contributed by atoms with Gasteiger partial charge in [0, 0.05) is 32.0 Å². The van der Waals surface area contributed by atoms with E-state index in [4.69, 9.17) is 0 Å². The Morgan fingerprint density at radius 2 is 1.61 bits per heavy atom. The number of amides is 2. The van der Waals surface area contributed by atoms with Gasteiger partial charge >= 0.3 is 0 Å². The number of hydrogen-bond donors (Lipinski definition) is 3. The third-order valence-electron chi connectivity index (χ3n) is 5.23. The molecule has 0 aromatic heterocycles. The third kappa shape index (κ3) is 7.13. The summed E-state index contributed by atoms with van der Waals surface area (Å²) in [7, 11) is -3.66. The molecule has 0 saturated carbocycles. The summed E-state index contributed by atoms with van der Waals surface area (Å²) in [5.41, 5.74) is 1.99. The van der Waals surface area contributed by atoms with Gasteiger partial charge < -0.3 is 10.6 Å². The molecule has 174 valence electrons. The number of carbonyl (C=O) groups excluding carboxylic acids is 2. The van der Waals surface area contributed by atoms with E-state index >= 15 is 0 Å². The number of sulfonamides is 1. The van der Waals surface area contributed by atoms with Gasteiger partial charge in [-0.25, -0.2) is 13.1 Å². The fourth-order valence-electron chi connectivity index (χ4n) is 3.49. The summed E-state index contributed by atoms with van der Waals surface area (Å²) in [5, 5.41) is 7.84. The maximum Gasteiger partial charge on any atom is 0.240 e. The van der Waals surface area contributed by atoms with Crippen molar-refractivity contribution in [3.63, 3.8) is 0 Å². The standard InChI is InChI=1S/C25H29N3O4S/c1-18-10-12-22(13-11-18)33(31,32)27-15-14-24(29)28-19(2)16-25(30)26-17-21-8-5-7-20-6-3-4-9-23(20)21/h3-13,19,27H,14-17H2,1-2H3,(H,26,30)(H,28,29)/t19-/m0/s1. The Morgan fingerprint density at radius 1 is 0.909 bits per heavy atom. The zero-order valence-electron chi connectivity index (χ0n) is 18.8. The van der Waals surface area contributed by atoms with Crippen LogP contribution < -0.4 is 15.4 Å². The van der Waals surface area contributed by atoms with Crippen molar-refractivity contribution in [2.45, 2.75) is 44.2 Å². The smallest absolute Gasteiger partial charge is 0.240 e. The average molecular weight is 468 g/mol. The monoisotopic (exact) mass is 467 g/mol. The molecule has 3 N–H and O–H groups in total. The van der Waals surface area contributed by atoms with Gasteiger partial charge in [-0.15, -0.1) is 0 Å². The third-order valence-corrected chi connectivity index (χ3v) is 6.71. The highest BCUT2D eigenvalue weighted by molar-refractivity contribution is 7.89. The molecule has 7 nitrogen and oxygen atoms in total. The lowest BCUT2D eigenvalue weighted by Gasteiger charge is -2.15. The quantitative estimate of drug-likeness (QED) is 0.426. The van der Waals surface area contributed by atoms with E-state index in [1.54, 1.807) is 19.1 Å². The molecule has 3 rings (SSSR count). The maximum atomic E-state index is 12.3. The topological polar surface area (TPSA) is 104 Å². The van der Waals surface area contributed by atoms with Crippen LogP contribution in [-0.4, -0.2) is 32.8 Å². The summed E-state index contributed by atoms with van der Waals surface area (Å²) < 4.78 is 27.0. The van der Waals surface area contributed by atoms with Crippen LogP contribution in [0.5, 0.6) is 0 Å². The van der Waals surface area contributed by atoms with E-state index in [1.165, 1.54) is 12.1 Å². The minimum atomic E-state index is -3.66. The predicted octanol–water partition coefficient (Wildman–Crippen LogP) is 3.03. The van der Waals surface area contributed by atoms with Crippen LogP contribution in [0.2, 0.25) is 0 Å².